The highest BCUT2D eigenvalue weighted by Crippen LogP contribution is 2.38. The van der Waals surface area contributed by atoms with Gasteiger partial charge in [-0.15, -0.1) is 0 Å². The van der Waals surface area contributed by atoms with E-state index in [1.165, 1.54) is 49.3 Å². The normalized spacial score (nSPS) is 19.6. The zero-order valence-electron chi connectivity index (χ0n) is 20.4. The van der Waals surface area contributed by atoms with Crippen molar-refractivity contribution in [1.29, 1.82) is 10.5 Å². The molecule has 7 nitrogen and oxygen atoms in total. The monoisotopic (exact) mass is 483 g/mol. The molecule has 0 amide bonds. The lowest BCUT2D eigenvalue weighted by Crippen LogP contribution is -2.41. The van der Waals surface area contributed by atoms with Crippen molar-refractivity contribution in [3.63, 3.8) is 0 Å². The van der Waals surface area contributed by atoms with Crippen molar-refractivity contribution in [3.8, 4) is 12.1 Å². The fourth-order valence-electron chi connectivity index (χ4n) is 6.31. The number of para-hydroxylation sites is 2. The Morgan fingerprint density at radius 2 is 1.64 bits per heavy atom. The Kier molecular flexibility index (Phi) is 7.14. The summed E-state index contributed by atoms with van der Waals surface area (Å²) >= 11 is 0. The van der Waals surface area contributed by atoms with Gasteiger partial charge >= 0.3 is 0 Å². The van der Waals surface area contributed by atoms with E-state index in [1.54, 1.807) is 0 Å². The lowest BCUT2D eigenvalue weighted by molar-refractivity contribution is 0.173. The first-order valence-corrected chi connectivity index (χ1v) is 13.2. The van der Waals surface area contributed by atoms with Gasteiger partial charge in [0.05, 0.1) is 22.7 Å². The molecular weight excluding hydrogens is 446 g/mol. The van der Waals surface area contributed by atoms with Gasteiger partial charge in [-0.3, -0.25) is 9.30 Å². The fraction of sp³-hybridized carbons (Fsp3) is 0.552. The number of pyridine rings is 1. The maximum Gasteiger partial charge on any atom is 0.157 e. The average molecular weight is 484 g/mol. The van der Waals surface area contributed by atoms with Gasteiger partial charge in [0.15, 0.2) is 5.65 Å². The number of hydrogen-bond donors (Lipinski definition) is 0. The van der Waals surface area contributed by atoms with E-state index in [1.807, 2.05) is 12.1 Å². The van der Waals surface area contributed by atoms with Gasteiger partial charge in [0.25, 0.3) is 0 Å². The van der Waals surface area contributed by atoms with Gasteiger partial charge in [-0.25, -0.2) is 4.98 Å². The molecule has 188 valence electrons. The van der Waals surface area contributed by atoms with Crippen LogP contribution < -0.4 is 4.90 Å². The minimum absolute atomic E-state index is 0. The van der Waals surface area contributed by atoms with Gasteiger partial charge in [-0.2, -0.15) is 10.5 Å². The highest BCUT2D eigenvalue weighted by Gasteiger charge is 2.31. The van der Waals surface area contributed by atoms with Crippen LogP contribution in [0.3, 0.4) is 0 Å². The van der Waals surface area contributed by atoms with Crippen LogP contribution in [0, 0.1) is 28.6 Å². The summed E-state index contributed by atoms with van der Waals surface area (Å²) in [6.07, 6.45) is 6.67. The van der Waals surface area contributed by atoms with Gasteiger partial charge in [0, 0.05) is 50.7 Å². The standard InChI is InChI=1S/C28H33N7.CH4/c29-18-21-8-14-34(15-9-21)28-24-20-33(17-16-32-11-4-1-5-12-32)13-10-22(24)23(19-30)27-31-25-6-2-3-7-26(25)35(27)28;/h2-3,6-7,21H,1,4-5,8-17,20H2;1H4. The highest BCUT2D eigenvalue weighted by molar-refractivity contribution is 5.86. The second kappa shape index (κ2) is 10.5. The van der Waals surface area contributed by atoms with Crippen molar-refractivity contribution in [1.82, 2.24) is 19.2 Å². The number of likely N-dealkylation sites (tertiary alicyclic amines) is 1. The number of anilines is 1. The molecule has 7 heteroatoms. The van der Waals surface area contributed by atoms with Crippen molar-refractivity contribution < 1.29 is 0 Å². The molecule has 2 aromatic heterocycles. The van der Waals surface area contributed by atoms with Gasteiger partial charge in [-0.05, 0) is 62.9 Å². The zero-order chi connectivity index (χ0) is 23.8. The minimum atomic E-state index is 0. The first kappa shape index (κ1) is 24.6. The first-order valence-electron chi connectivity index (χ1n) is 13.2. The van der Waals surface area contributed by atoms with Crippen LogP contribution in [0.5, 0.6) is 0 Å². The Labute approximate surface area is 214 Å². The Hall–Kier alpha value is -3.13. The molecule has 3 aromatic rings. The van der Waals surface area contributed by atoms with Gasteiger partial charge < -0.3 is 9.80 Å². The molecule has 2 fully saturated rings. The molecule has 3 aliphatic heterocycles. The molecule has 1 aromatic carbocycles. The Bertz CT molecular complexity index is 1310. The van der Waals surface area contributed by atoms with Crippen molar-refractivity contribution in [2.45, 2.75) is 52.5 Å². The lowest BCUT2D eigenvalue weighted by atomic mass is 9.93. The number of hydrogen-bond acceptors (Lipinski definition) is 6. The molecule has 0 spiro atoms. The summed E-state index contributed by atoms with van der Waals surface area (Å²) in [5, 5.41) is 19.7. The Morgan fingerprint density at radius 1 is 0.889 bits per heavy atom. The molecule has 36 heavy (non-hydrogen) atoms. The maximum atomic E-state index is 10.3. The summed E-state index contributed by atoms with van der Waals surface area (Å²) in [6, 6.07) is 13.2. The number of nitriles is 2. The molecule has 3 aliphatic rings. The number of benzene rings is 1. The van der Waals surface area contributed by atoms with Crippen molar-refractivity contribution in [3.05, 3.63) is 41.0 Å². The predicted octanol–water partition coefficient (Wildman–Crippen LogP) is 4.58. The molecule has 0 atom stereocenters. The SMILES string of the molecule is C.N#Cc1c2c(c(N3CCC(C#N)CC3)n3c1nc1ccccc13)CN(CCN1CCCCC1)CC2. The van der Waals surface area contributed by atoms with E-state index in [0.717, 1.165) is 80.8 Å². The van der Waals surface area contributed by atoms with Gasteiger partial charge in [0.1, 0.15) is 11.9 Å². The molecule has 0 aliphatic carbocycles. The molecule has 0 saturated carbocycles. The van der Waals surface area contributed by atoms with Crippen LogP contribution in [0.15, 0.2) is 24.3 Å². The van der Waals surface area contributed by atoms with Crippen LogP contribution in [0.2, 0.25) is 0 Å². The van der Waals surface area contributed by atoms with Crippen molar-refractivity contribution >= 4 is 22.5 Å². The number of aromatic nitrogens is 2. The third-order valence-electron chi connectivity index (χ3n) is 8.26. The second-order valence-electron chi connectivity index (χ2n) is 10.3. The first-order chi connectivity index (χ1) is 17.3. The maximum absolute atomic E-state index is 10.3. The second-order valence-corrected chi connectivity index (χ2v) is 10.3. The average Bonchev–Trinajstić information content (AvgIpc) is 3.30. The van der Waals surface area contributed by atoms with Crippen LogP contribution >= 0.6 is 0 Å². The van der Waals surface area contributed by atoms with E-state index in [9.17, 15) is 10.5 Å². The Balaban J connectivity index is 0.00000267. The van der Waals surface area contributed by atoms with Crippen molar-refractivity contribution in [2.75, 3.05) is 50.7 Å². The van der Waals surface area contributed by atoms with E-state index in [4.69, 9.17) is 4.98 Å². The van der Waals surface area contributed by atoms with Crippen LogP contribution in [-0.4, -0.2) is 65.0 Å². The Morgan fingerprint density at radius 3 is 2.39 bits per heavy atom. The minimum Gasteiger partial charge on any atom is -0.357 e. The lowest BCUT2D eigenvalue weighted by Gasteiger charge is -2.38. The summed E-state index contributed by atoms with van der Waals surface area (Å²) in [7, 11) is 0. The number of rotatable bonds is 4. The summed E-state index contributed by atoms with van der Waals surface area (Å²) in [4.78, 5) is 12.6. The summed E-state index contributed by atoms with van der Waals surface area (Å²) in [5.41, 5.74) is 5.99. The topological polar surface area (TPSA) is 74.6 Å². The third-order valence-corrected chi connectivity index (χ3v) is 8.26. The molecule has 0 bridgehead atoms. The number of imidazole rings is 1. The molecule has 0 unspecified atom stereocenters. The number of piperidine rings is 2. The number of nitrogens with zero attached hydrogens (tertiary/aromatic N) is 7. The fourth-order valence-corrected chi connectivity index (χ4v) is 6.31. The quantitative estimate of drug-likeness (QED) is 0.541. The van der Waals surface area contributed by atoms with E-state index in [-0.39, 0.29) is 13.3 Å². The third kappa shape index (κ3) is 4.32. The van der Waals surface area contributed by atoms with E-state index >= 15 is 0 Å². The predicted molar refractivity (Wildman–Crippen MR) is 144 cm³/mol. The van der Waals surface area contributed by atoms with Crippen LogP contribution in [-0.2, 0) is 13.0 Å². The number of fused-ring (bicyclic) bond motifs is 4. The highest BCUT2D eigenvalue weighted by atomic mass is 15.3. The van der Waals surface area contributed by atoms with Gasteiger partial charge in [0.2, 0.25) is 0 Å². The van der Waals surface area contributed by atoms with Crippen LogP contribution in [0.4, 0.5) is 5.82 Å². The summed E-state index contributed by atoms with van der Waals surface area (Å²) in [5.74, 6) is 1.33. The molecule has 5 heterocycles. The molecule has 0 N–H and O–H groups in total. The summed E-state index contributed by atoms with van der Waals surface area (Å²) in [6.45, 7) is 8.24. The molecule has 2 saturated heterocycles. The zero-order valence-corrected chi connectivity index (χ0v) is 20.4. The molecule has 0 radical (unpaired) electrons. The summed E-state index contributed by atoms with van der Waals surface area (Å²) < 4.78 is 2.24. The van der Waals surface area contributed by atoms with Crippen LogP contribution in [0.25, 0.3) is 16.7 Å². The molecule has 6 rings (SSSR count). The van der Waals surface area contributed by atoms with E-state index in [0.29, 0.717) is 0 Å². The smallest absolute Gasteiger partial charge is 0.157 e. The molecular formula is C29H37N7. The van der Waals surface area contributed by atoms with E-state index < -0.39 is 0 Å². The van der Waals surface area contributed by atoms with Gasteiger partial charge in [-0.1, -0.05) is 26.0 Å². The largest absolute Gasteiger partial charge is 0.357 e. The van der Waals surface area contributed by atoms with Crippen molar-refractivity contribution in [2.24, 2.45) is 5.92 Å². The van der Waals surface area contributed by atoms with Crippen LogP contribution in [0.1, 0.15) is 56.2 Å². The van der Waals surface area contributed by atoms with E-state index in [2.05, 4.69) is 43.4 Å².